The fourth-order valence-electron chi connectivity index (χ4n) is 2.69. The lowest BCUT2D eigenvalue weighted by atomic mass is 10.0. The average molecular weight is 367 g/mol. The molecule has 0 fully saturated rings. The number of carbonyl (C=O) groups excluding carboxylic acids is 1. The number of hydrogen-bond acceptors (Lipinski definition) is 3. The summed E-state index contributed by atoms with van der Waals surface area (Å²) in [6, 6.07) is 20.5. The van der Waals surface area contributed by atoms with Gasteiger partial charge in [0.15, 0.2) is 0 Å². The zero-order valence-corrected chi connectivity index (χ0v) is 15.4. The monoisotopic (exact) mass is 366 g/mol. The van der Waals surface area contributed by atoms with Crippen molar-refractivity contribution in [2.45, 2.75) is 20.3 Å². The summed E-state index contributed by atoms with van der Waals surface area (Å²) < 4.78 is 5.43. The van der Waals surface area contributed by atoms with Crippen LogP contribution < -0.4 is 0 Å². The molecular weight excluding hydrogens is 348 g/mol. The second-order valence-electron chi connectivity index (χ2n) is 5.81. The maximum absolute atomic E-state index is 9.58. The predicted octanol–water partition coefficient (Wildman–Crippen LogP) is 5.96. The van der Waals surface area contributed by atoms with Crippen LogP contribution >= 0.6 is 11.6 Å². The van der Waals surface area contributed by atoms with Crippen molar-refractivity contribution in [3.8, 4) is 22.5 Å². The van der Waals surface area contributed by atoms with E-state index in [9.17, 15) is 4.79 Å². The Morgan fingerprint density at radius 1 is 1.12 bits per heavy atom. The Balaban J connectivity index is 0.000000349. The van der Waals surface area contributed by atoms with E-state index in [-0.39, 0.29) is 5.24 Å². The van der Waals surface area contributed by atoms with Gasteiger partial charge >= 0.3 is 0 Å². The van der Waals surface area contributed by atoms with Crippen LogP contribution in [0.5, 0.6) is 0 Å². The van der Waals surface area contributed by atoms with Crippen LogP contribution in [0.1, 0.15) is 19.1 Å². The smallest absolute Gasteiger partial charge is 0.221 e. The van der Waals surface area contributed by atoms with Gasteiger partial charge in [0, 0.05) is 22.9 Å². The molecule has 0 aliphatic rings. The topological polar surface area (TPSA) is 58.9 Å². The number of aryl methyl sites for hydroxylation is 1. The third-order valence-electron chi connectivity index (χ3n) is 3.99. The van der Waals surface area contributed by atoms with Crippen molar-refractivity contribution in [3.05, 3.63) is 66.4 Å². The lowest BCUT2D eigenvalue weighted by Crippen LogP contribution is -1.83. The van der Waals surface area contributed by atoms with Crippen molar-refractivity contribution in [2.24, 2.45) is 0 Å². The number of aromatic amines is 1. The Kier molecular flexibility index (Phi) is 5.54. The van der Waals surface area contributed by atoms with Crippen LogP contribution in [0.15, 0.2) is 65.2 Å². The highest BCUT2D eigenvalue weighted by Gasteiger charge is 2.17. The van der Waals surface area contributed by atoms with Crippen molar-refractivity contribution in [1.29, 1.82) is 0 Å². The van der Waals surface area contributed by atoms with E-state index in [0.29, 0.717) is 6.42 Å². The third-order valence-corrected chi connectivity index (χ3v) is 4.25. The second-order valence-corrected chi connectivity index (χ2v) is 6.23. The number of aromatic nitrogens is 2. The molecule has 1 N–H and O–H groups in total. The highest BCUT2D eigenvalue weighted by atomic mass is 35.5. The fraction of sp³-hybridized carbons (Fsp3) is 0.143. The zero-order chi connectivity index (χ0) is 18.5. The van der Waals surface area contributed by atoms with E-state index in [1.165, 1.54) is 5.39 Å². The van der Waals surface area contributed by atoms with Gasteiger partial charge < -0.3 is 9.51 Å². The number of para-hydroxylation sites is 1. The Hall–Kier alpha value is -2.85. The van der Waals surface area contributed by atoms with E-state index >= 15 is 0 Å². The van der Waals surface area contributed by atoms with Gasteiger partial charge in [-0.05, 0) is 30.7 Å². The summed E-state index contributed by atoms with van der Waals surface area (Å²) in [7, 11) is 0. The first-order chi connectivity index (χ1) is 12.6. The van der Waals surface area contributed by atoms with Gasteiger partial charge in [-0.25, -0.2) is 0 Å². The minimum Gasteiger partial charge on any atom is -0.360 e. The molecule has 5 heteroatoms. The molecule has 0 amide bonds. The zero-order valence-electron chi connectivity index (χ0n) is 14.6. The van der Waals surface area contributed by atoms with E-state index in [4.69, 9.17) is 16.1 Å². The summed E-state index contributed by atoms with van der Waals surface area (Å²) in [5.74, 6) is 0.820. The largest absolute Gasteiger partial charge is 0.360 e. The van der Waals surface area contributed by atoms with Gasteiger partial charge in [0.1, 0.15) is 11.5 Å². The Bertz CT molecular complexity index is 986. The fourth-order valence-corrected chi connectivity index (χ4v) is 2.69. The molecule has 0 bridgehead atoms. The molecule has 4 aromatic rings. The molecule has 0 radical (unpaired) electrons. The third kappa shape index (κ3) is 3.86. The molecule has 0 saturated carbocycles. The molecule has 0 atom stereocenters. The number of hydrogen-bond donors (Lipinski definition) is 1. The van der Waals surface area contributed by atoms with Gasteiger partial charge in [-0.15, -0.1) is 0 Å². The summed E-state index contributed by atoms with van der Waals surface area (Å²) in [5.41, 5.74) is 5.11. The summed E-state index contributed by atoms with van der Waals surface area (Å²) in [6.07, 6.45) is 0.432. The van der Waals surface area contributed by atoms with Crippen LogP contribution in [0.25, 0.3) is 33.4 Å². The minimum absolute atomic E-state index is 0.273. The molecule has 0 aliphatic heterocycles. The Morgan fingerprint density at radius 3 is 2.42 bits per heavy atom. The number of rotatable bonds is 3. The molecule has 2 heterocycles. The molecule has 26 heavy (non-hydrogen) atoms. The standard InChI is InChI=1S/C18H14N2O.C3H5ClO/c1-12-17(16-11-14-9-5-6-10-15(14)19-16)18(20-21-12)13-7-3-2-4-8-13;1-2-3(4)5/h2-11,19H,1H3;2H2,1H3. The Labute approximate surface area is 156 Å². The van der Waals surface area contributed by atoms with Crippen molar-refractivity contribution in [1.82, 2.24) is 10.1 Å². The maximum atomic E-state index is 9.58. The van der Waals surface area contributed by atoms with Crippen molar-refractivity contribution < 1.29 is 9.32 Å². The first-order valence-electron chi connectivity index (χ1n) is 8.38. The van der Waals surface area contributed by atoms with E-state index < -0.39 is 0 Å². The molecule has 4 nitrogen and oxygen atoms in total. The van der Waals surface area contributed by atoms with Gasteiger partial charge in [0.05, 0.1) is 11.3 Å². The van der Waals surface area contributed by atoms with Crippen LogP contribution in [0.4, 0.5) is 0 Å². The lowest BCUT2D eigenvalue weighted by molar-refractivity contribution is -0.111. The van der Waals surface area contributed by atoms with Crippen LogP contribution in [0, 0.1) is 6.92 Å². The number of nitrogens with zero attached hydrogens (tertiary/aromatic N) is 1. The normalized spacial score (nSPS) is 10.4. The first-order valence-corrected chi connectivity index (χ1v) is 8.76. The summed E-state index contributed by atoms with van der Waals surface area (Å²) >= 11 is 4.82. The van der Waals surface area contributed by atoms with Crippen molar-refractivity contribution in [2.75, 3.05) is 0 Å². The van der Waals surface area contributed by atoms with Crippen LogP contribution in [-0.2, 0) is 4.79 Å². The van der Waals surface area contributed by atoms with Crippen LogP contribution in [-0.4, -0.2) is 15.4 Å². The van der Waals surface area contributed by atoms with Crippen molar-refractivity contribution in [3.63, 3.8) is 0 Å². The van der Waals surface area contributed by atoms with Gasteiger partial charge in [0.25, 0.3) is 0 Å². The van der Waals surface area contributed by atoms with Gasteiger partial charge in [0.2, 0.25) is 5.24 Å². The number of H-pyrrole nitrogens is 1. The molecular formula is C21H19ClN2O2. The average Bonchev–Trinajstić information content (AvgIpc) is 3.25. The van der Waals surface area contributed by atoms with Crippen molar-refractivity contribution >= 4 is 27.7 Å². The molecule has 0 unspecified atom stereocenters. The first kappa shape index (κ1) is 18.0. The van der Waals surface area contributed by atoms with Gasteiger partial charge in [-0.3, -0.25) is 4.79 Å². The van der Waals surface area contributed by atoms with E-state index in [1.54, 1.807) is 6.92 Å². The highest BCUT2D eigenvalue weighted by molar-refractivity contribution is 6.63. The summed E-state index contributed by atoms with van der Waals surface area (Å²) in [5, 5.41) is 5.15. The molecule has 0 spiro atoms. The quantitative estimate of drug-likeness (QED) is 0.455. The molecule has 4 rings (SSSR count). The molecule has 2 aromatic carbocycles. The van der Waals surface area contributed by atoms with E-state index in [2.05, 4.69) is 28.3 Å². The second kappa shape index (κ2) is 8.02. The Morgan fingerprint density at radius 2 is 1.77 bits per heavy atom. The van der Waals surface area contributed by atoms with Crippen LogP contribution in [0.3, 0.4) is 0 Å². The number of nitrogens with one attached hydrogen (secondary N) is 1. The van der Waals surface area contributed by atoms with Crippen LogP contribution in [0.2, 0.25) is 0 Å². The van der Waals surface area contributed by atoms with E-state index in [0.717, 1.165) is 33.8 Å². The maximum Gasteiger partial charge on any atom is 0.221 e. The predicted molar refractivity (Wildman–Crippen MR) is 105 cm³/mol. The van der Waals surface area contributed by atoms with Gasteiger partial charge in [-0.1, -0.05) is 60.6 Å². The number of halogens is 1. The molecule has 2 aromatic heterocycles. The molecule has 132 valence electrons. The lowest BCUT2D eigenvalue weighted by Gasteiger charge is -2.00. The number of benzene rings is 2. The molecule has 0 aliphatic carbocycles. The summed E-state index contributed by atoms with van der Waals surface area (Å²) in [6.45, 7) is 3.66. The number of carbonyl (C=O) groups is 1. The summed E-state index contributed by atoms with van der Waals surface area (Å²) in [4.78, 5) is 13.0. The molecule has 0 saturated heterocycles. The minimum atomic E-state index is -0.273. The van der Waals surface area contributed by atoms with Gasteiger partial charge in [-0.2, -0.15) is 0 Å². The highest BCUT2D eigenvalue weighted by Crippen LogP contribution is 2.35. The number of fused-ring (bicyclic) bond motifs is 1. The SMILES string of the molecule is CCC(=O)Cl.Cc1onc(-c2ccccc2)c1-c1cc2ccccc2[nH]1. The van der Waals surface area contributed by atoms with E-state index in [1.807, 2.05) is 49.4 Å².